The number of rotatable bonds is 4. The third-order valence-electron chi connectivity index (χ3n) is 2.31. The van der Waals surface area contributed by atoms with E-state index in [0.717, 1.165) is 9.13 Å². The van der Waals surface area contributed by atoms with Gasteiger partial charge in [-0.1, -0.05) is 6.07 Å². The van der Waals surface area contributed by atoms with Crippen LogP contribution < -0.4 is 4.72 Å². The Labute approximate surface area is 120 Å². The first-order valence-electron chi connectivity index (χ1n) is 5.22. The highest BCUT2D eigenvalue weighted by molar-refractivity contribution is 14.1. The van der Waals surface area contributed by atoms with Crippen molar-refractivity contribution in [3.05, 3.63) is 57.9 Å². The minimum atomic E-state index is -3.46. The number of nitrogens with zero attached hydrogens (tertiary/aromatic N) is 1. The van der Waals surface area contributed by atoms with Crippen LogP contribution in [0.15, 0.2) is 53.7 Å². The van der Waals surface area contributed by atoms with E-state index in [1.807, 2.05) is 6.07 Å². The van der Waals surface area contributed by atoms with Crippen molar-refractivity contribution in [3.8, 4) is 0 Å². The highest BCUT2D eigenvalue weighted by atomic mass is 127. The van der Waals surface area contributed by atoms with Crippen LogP contribution in [0, 0.1) is 3.57 Å². The van der Waals surface area contributed by atoms with Gasteiger partial charge in [-0.15, -0.1) is 0 Å². The molecule has 2 aromatic rings. The van der Waals surface area contributed by atoms with Crippen LogP contribution >= 0.6 is 22.6 Å². The molecule has 0 aliphatic rings. The molecule has 0 fully saturated rings. The monoisotopic (exact) mass is 374 g/mol. The highest BCUT2D eigenvalue weighted by Gasteiger charge is 2.12. The molecule has 0 amide bonds. The van der Waals surface area contributed by atoms with Crippen LogP contribution in [0.25, 0.3) is 0 Å². The van der Waals surface area contributed by atoms with Crippen LogP contribution in [0.1, 0.15) is 5.56 Å². The maximum absolute atomic E-state index is 12.0. The van der Waals surface area contributed by atoms with Crippen molar-refractivity contribution in [3.63, 3.8) is 0 Å². The summed E-state index contributed by atoms with van der Waals surface area (Å²) in [6, 6.07) is 10.3. The van der Waals surface area contributed by atoms with Gasteiger partial charge >= 0.3 is 0 Å². The minimum absolute atomic E-state index is 0.238. The zero-order valence-corrected chi connectivity index (χ0v) is 12.3. The molecular weight excluding hydrogens is 363 g/mol. The first-order chi connectivity index (χ1) is 8.58. The highest BCUT2D eigenvalue weighted by Crippen LogP contribution is 2.12. The van der Waals surface area contributed by atoms with E-state index in [9.17, 15) is 8.42 Å². The largest absolute Gasteiger partial charge is 0.264 e. The molecule has 18 heavy (non-hydrogen) atoms. The lowest BCUT2D eigenvalue weighted by Crippen LogP contribution is -2.23. The zero-order valence-electron chi connectivity index (χ0n) is 9.38. The molecular formula is C12H11IN2O2S. The van der Waals surface area contributed by atoms with Crippen molar-refractivity contribution < 1.29 is 8.42 Å². The molecule has 2 rings (SSSR count). The third-order valence-corrected chi connectivity index (χ3v) is 4.45. The number of benzene rings is 1. The van der Waals surface area contributed by atoms with E-state index in [1.54, 1.807) is 42.7 Å². The summed E-state index contributed by atoms with van der Waals surface area (Å²) in [6.07, 6.45) is 3.29. The normalized spacial score (nSPS) is 11.4. The molecule has 0 bridgehead atoms. The zero-order chi connectivity index (χ0) is 13.0. The van der Waals surface area contributed by atoms with Gasteiger partial charge in [-0.3, -0.25) is 4.98 Å². The second-order valence-corrected chi connectivity index (χ2v) is 6.65. The summed E-state index contributed by atoms with van der Waals surface area (Å²) in [4.78, 5) is 4.20. The van der Waals surface area contributed by atoms with Crippen molar-refractivity contribution in [1.29, 1.82) is 0 Å². The summed E-state index contributed by atoms with van der Waals surface area (Å²) in [5.74, 6) is 0. The molecule has 0 spiro atoms. The summed E-state index contributed by atoms with van der Waals surface area (Å²) in [5.41, 5.74) is 0.826. The van der Waals surface area contributed by atoms with E-state index in [1.165, 1.54) is 0 Å². The number of nitrogens with one attached hydrogen (secondary N) is 1. The molecule has 0 saturated carbocycles. The van der Waals surface area contributed by atoms with Crippen LogP contribution in [0.5, 0.6) is 0 Å². The summed E-state index contributed by atoms with van der Waals surface area (Å²) in [5, 5.41) is 0. The minimum Gasteiger partial charge on any atom is -0.264 e. The molecule has 6 heteroatoms. The number of hydrogen-bond donors (Lipinski definition) is 1. The van der Waals surface area contributed by atoms with E-state index >= 15 is 0 Å². The molecule has 1 N–H and O–H groups in total. The van der Waals surface area contributed by atoms with Gasteiger partial charge in [0.25, 0.3) is 0 Å². The van der Waals surface area contributed by atoms with E-state index in [0.29, 0.717) is 0 Å². The van der Waals surface area contributed by atoms with Gasteiger partial charge in [-0.25, -0.2) is 13.1 Å². The van der Waals surface area contributed by atoms with Crippen molar-refractivity contribution >= 4 is 32.6 Å². The molecule has 1 heterocycles. The molecule has 0 radical (unpaired) electrons. The van der Waals surface area contributed by atoms with Gasteiger partial charge in [0.05, 0.1) is 4.90 Å². The van der Waals surface area contributed by atoms with E-state index in [2.05, 4.69) is 32.3 Å². The van der Waals surface area contributed by atoms with Crippen molar-refractivity contribution in [1.82, 2.24) is 9.71 Å². The Balaban J connectivity index is 2.11. The summed E-state index contributed by atoms with van der Waals surface area (Å²) >= 11 is 2.13. The van der Waals surface area contributed by atoms with Crippen LogP contribution in [0.4, 0.5) is 0 Å². The number of hydrogen-bond acceptors (Lipinski definition) is 3. The lowest BCUT2D eigenvalue weighted by Gasteiger charge is -2.06. The predicted octanol–water partition coefficient (Wildman–Crippen LogP) is 2.16. The number of sulfonamides is 1. The van der Waals surface area contributed by atoms with Gasteiger partial charge in [0.1, 0.15) is 0 Å². The Bertz CT molecular complexity index is 612. The van der Waals surface area contributed by atoms with Crippen LogP contribution in [0.2, 0.25) is 0 Å². The Morgan fingerprint density at radius 2 is 1.89 bits per heavy atom. The average Bonchev–Trinajstić information content (AvgIpc) is 2.38. The number of halogens is 1. The second-order valence-electron chi connectivity index (χ2n) is 3.64. The fourth-order valence-electron chi connectivity index (χ4n) is 1.38. The topological polar surface area (TPSA) is 59.1 Å². The second kappa shape index (κ2) is 5.77. The molecule has 0 saturated heterocycles. The molecule has 0 unspecified atom stereocenters. The van der Waals surface area contributed by atoms with Gasteiger partial charge in [-0.05, 0) is 58.5 Å². The molecule has 1 aromatic heterocycles. The molecule has 0 aliphatic heterocycles. The smallest absolute Gasteiger partial charge is 0.240 e. The number of pyridine rings is 1. The van der Waals surface area contributed by atoms with E-state index in [4.69, 9.17) is 0 Å². The van der Waals surface area contributed by atoms with Crippen molar-refractivity contribution in [2.45, 2.75) is 11.4 Å². The molecule has 94 valence electrons. The molecule has 4 nitrogen and oxygen atoms in total. The molecule has 0 atom stereocenters. The van der Waals surface area contributed by atoms with Crippen LogP contribution in [-0.2, 0) is 16.6 Å². The molecule has 0 aliphatic carbocycles. The van der Waals surface area contributed by atoms with Crippen molar-refractivity contribution in [2.24, 2.45) is 0 Å². The van der Waals surface area contributed by atoms with Gasteiger partial charge in [0, 0.05) is 22.5 Å². The van der Waals surface area contributed by atoms with Gasteiger partial charge in [0.2, 0.25) is 10.0 Å². The van der Waals surface area contributed by atoms with E-state index in [-0.39, 0.29) is 11.4 Å². The Kier molecular flexibility index (Phi) is 4.31. The van der Waals surface area contributed by atoms with Crippen LogP contribution in [-0.4, -0.2) is 13.4 Å². The van der Waals surface area contributed by atoms with E-state index < -0.39 is 10.0 Å². The van der Waals surface area contributed by atoms with Crippen LogP contribution in [0.3, 0.4) is 0 Å². The average molecular weight is 374 g/mol. The summed E-state index contributed by atoms with van der Waals surface area (Å²) < 4.78 is 27.5. The SMILES string of the molecule is O=S(=O)(NCc1cccnc1)c1ccc(I)cc1. The third kappa shape index (κ3) is 3.50. The quantitative estimate of drug-likeness (QED) is 0.835. The Morgan fingerprint density at radius 3 is 2.50 bits per heavy atom. The van der Waals surface area contributed by atoms with Gasteiger partial charge < -0.3 is 0 Å². The fraction of sp³-hybridized carbons (Fsp3) is 0.0833. The van der Waals surface area contributed by atoms with Gasteiger partial charge in [-0.2, -0.15) is 0 Å². The Hall–Kier alpha value is -0.990. The number of aromatic nitrogens is 1. The first-order valence-corrected chi connectivity index (χ1v) is 7.78. The fourth-order valence-corrected chi connectivity index (χ4v) is 2.76. The molecule has 1 aromatic carbocycles. The predicted molar refractivity (Wildman–Crippen MR) is 77.4 cm³/mol. The first kappa shape index (κ1) is 13.4. The summed E-state index contributed by atoms with van der Waals surface area (Å²) in [7, 11) is -3.46. The van der Waals surface area contributed by atoms with Crippen molar-refractivity contribution in [2.75, 3.05) is 0 Å². The lowest BCUT2D eigenvalue weighted by atomic mass is 10.3. The van der Waals surface area contributed by atoms with Gasteiger partial charge in [0.15, 0.2) is 0 Å². The maximum Gasteiger partial charge on any atom is 0.240 e. The lowest BCUT2D eigenvalue weighted by molar-refractivity contribution is 0.581. The summed E-state index contributed by atoms with van der Waals surface area (Å²) in [6.45, 7) is 0.238. The standard InChI is InChI=1S/C12H11IN2O2S/c13-11-3-5-12(6-4-11)18(16,17)15-9-10-2-1-7-14-8-10/h1-8,15H,9H2. The Morgan fingerprint density at radius 1 is 1.17 bits per heavy atom. The maximum atomic E-state index is 12.0.